The number of urea groups is 1. The van der Waals surface area contributed by atoms with Gasteiger partial charge in [0.05, 0.1) is 0 Å². The molecule has 2 saturated heterocycles. The minimum Gasteiger partial charge on any atom is -0.351 e. The quantitative estimate of drug-likeness (QED) is 0.833. The fourth-order valence-corrected chi connectivity index (χ4v) is 4.30. The van der Waals surface area contributed by atoms with E-state index in [1.807, 2.05) is 4.90 Å². The van der Waals surface area contributed by atoms with Gasteiger partial charge in [-0.3, -0.25) is 4.79 Å². The summed E-state index contributed by atoms with van der Waals surface area (Å²) in [5.74, 6) is 1.63. The first-order valence-electron chi connectivity index (χ1n) is 8.01. The highest BCUT2D eigenvalue weighted by Gasteiger charge is 2.39. The van der Waals surface area contributed by atoms with E-state index in [0.29, 0.717) is 12.5 Å². The zero-order valence-corrected chi connectivity index (χ0v) is 12.1. The second-order valence-corrected chi connectivity index (χ2v) is 6.57. The van der Waals surface area contributed by atoms with E-state index >= 15 is 0 Å². The van der Waals surface area contributed by atoms with E-state index in [4.69, 9.17) is 5.73 Å². The van der Waals surface area contributed by atoms with E-state index in [1.165, 1.54) is 25.7 Å². The average Bonchev–Trinajstić information content (AvgIpc) is 3.17. The molecule has 3 amide bonds. The molecular formula is C15H25N3O2. The molecule has 1 aliphatic carbocycles. The number of rotatable bonds is 2. The molecule has 2 atom stereocenters. The van der Waals surface area contributed by atoms with Gasteiger partial charge in [-0.25, -0.2) is 4.79 Å². The van der Waals surface area contributed by atoms with Crippen molar-refractivity contribution in [1.82, 2.24) is 9.80 Å². The number of carbonyl (C=O) groups is 2. The van der Waals surface area contributed by atoms with Crippen LogP contribution in [-0.4, -0.2) is 47.4 Å². The summed E-state index contributed by atoms with van der Waals surface area (Å²) in [6.07, 6.45) is 8.18. The molecule has 3 rings (SSSR count). The fraction of sp³-hybridized carbons (Fsp3) is 0.867. The van der Waals surface area contributed by atoms with Crippen molar-refractivity contribution in [2.75, 3.05) is 19.6 Å². The topological polar surface area (TPSA) is 66.6 Å². The standard InChI is InChI=1S/C15H25N3O2/c16-15(20)18-8-3-6-13(18)14(19)17-9-7-12(10-17)11-4-1-2-5-11/h11-13H,1-10H2,(H2,16,20)/t12?,13-/m0/s1. The van der Waals surface area contributed by atoms with Gasteiger partial charge in [-0.2, -0.15) is 0 Å². The van der Waals surface area contributed by atoms with Crippen molar-refractivity contribution in [2.45, 2.75) is 51.0 Å². The Labute approximate surface area is 120 Å². The molecule has 1 saturated carbocycles. The van der Waals surface area contributed by atoms with E-state index in [2.05, 4.69) is 0 Å². The zero-order valence-electron chi connectivity index (χ0n) is 12.1. The number of primary amides is 1. The maximum Gasteiger partial charge on any atom is 0.315 e. The van der Waals surface area contributed by atoms with Gasteiger partial charge in [0.15, 0.2) is 0 Å². The van der Waals surface area contributed by atoms with Crippen LogP contribution in [0.1, 0.15) is 44.9 Å². The van der Waals surface area contributed by atoms with Crippen LogP contribution < -0.4 is 5.73 Å². The Balaban J connectivity index is 1.59. The number of hydrogen-bond acceptors (Lipinski definition) is 2. The SMILES string of the molecule is NC(=O)N1CCC[C@H]1C(=O)N1CCC(C2CCCC2)C1. The molecule has 3 aliphatic rings. The summed E-state index contributed by atoms with van der Waals surface area (Å²) < 4.78 is 0. The molecule has 20 heavy (non-hydrogen) atoms. The first-order chi connectivity index (χ1) is 9.66. The van der Waals surface area contributed by atoms with Gasteiger partial charge >= 0.3 is 6.03 Å². The van der Waals surface area contributed by atoms with Crippen LogP contribution in [0.2, 0.25) is 0 Å². The van der Waals surface area contributed by atoms with Crippen molar-refractivity contribution in [3.63, 3.8) is 0 Å². The Hall–Kier alpha value is -1.26. The lowest BCUT2D eigenvalue weighted by Gasteiger charge is -2.27. The van der Waals surface area contributed by atoms with Crippen molar-refractivity contribution in [3.05, 3.63) is 0 Å². The fourth-order valence-electron chi connectivity index (χ4n) is 4.30. The molecule has 5 heteroatoms. The minimum atomic E-state index is -0.451. The van der Waals surface area contributed by atoms with Crippen LogP contribution in [0.4, 0.5) is 4.79 Å². The van der Waals surface area contributed by atoms with Gasteiger partial charge in [-0.05, 0) is 31.1 Å². The molecule has 0 aromatic carbocycles. The molecule has 2 aliphatic heterocycles. The summed E-state index contributed by atoms with van der Waals surface area (Å²) in [7, 11) is 0. The third kappa shape index (κ3) is 2.50. The smallest absolute Gasteiger partial charge is 0.315 e. The number of nitrogens with zero attached hydrogens (tertiary/aromatic N) is 2. The van der Waals surface area contributed by atoms with Gasteiger partial charge in [0.1, 0.15) is 6.04 Å². The molecule has 112 valence electrons. The maximum atomic E-state index is 12.6. The van der Waals surface area contributed by atoms with E-state index in [-0.39, 0.29) is 11.9 Å². The predicted octanol–water partition coefficient (Wildman–Crippen LogP) is 1.57. The van der Waals surface area contributed by atoms with Crippen molar-refractivity contribution >= 4 is 11.9 Å². The molecule has 2 heterocycles. The molecule has 0 bridgehead atoms. The van der Waals surface area contributed by atoms with Crippen LogP contribution in [0.5, 0.6) is 0 Å². The van der Waals surface area contributed by atoms with Gasteiger partial charge in [-0.15, -0.1) is 0 Å². The first-order valence-corrected chi connectivity index (χ1v) is 8.01. The number of hydrogen-bond donors (Lipinski definition) is 1. The summed E-state index contributed by atoms with van der Waals surface area (Å²) in [6.45, 7) is 2.39. The van der Waals surface area contributed by atoms with E-state index in [1.54, 1.807) is 4.90 Å². The lowest BCUT2D eigenvalue weighted by atomic mass is 9.90. The van der Waals surface area contributed by atoms with Gasteiger partial charge in [0, 0.05) is 19.6 Å². The van der Waals surface area contributed by atoms with Crippen LogP contribution in [0.25, 0.3) is 0 Å². The summed E-state index contributed by atoms with van der Waals surface area (Å²) in [5.41, 5.74) is 5.37. The van der Waals surface area contributed by atoms with Gasteiger partial charge < -0.3 is 15.5 Å². The van der Waals surface area contributed by atoms with Crippen molar-refractivity contribution in [3.8, 4) is 0 Å². The maximum absolute atomic E-state index is 12.6. The van der Waals surface area contributed by atoms with Crippen LogP contribution in [0, 0.1) is 11.8 Å². The van der Waals surface area contributed by atoms with E-state index < -0.39 is 6.03 Å². The number of carbonyl (C=O) groups excluding carboxylic acids is 2. The van der Waals surface area contributed by atoms with E-state index in [9.17, 15) is 9.59 Å². The highest BCUT2D eigenvalue weighted by molar-refractivity contribution is 5.87. The lowest BCUT2D eigenvalue weighted by molar-refractivity contribution is -0.134. The molecule has 1 unspecified atom stereocenters. The largest absolute Gasteiger partial charge is 0.351 e. The summed E-state index contributed by atoms with van der Waals surface area (Å²) in [5, 5.41) is 0. The molecule has 0 radical (unpaired) electrons. The second kappa shape index (κ2) is 5.62. The number of nitrogens with two attached hydrogens (primary N) is 1. The number of amides is 3. The summed E-state index contributed by atoms with van der Waals surface area (Å²) in [4.78, 5) is 27.5. The summed E-state index contributed by atoms with van der Waals surface area (Å²) in [6, 6.07) is -0.748. The van der Waals surface area contributed by atoms with Gasteiger partial charge in [0.2, 0.25) is 5.91 Å². The van der Waals surface area contributed by atoms with Gasteiger partial charge in [-0.1, -0.05) is 25.7 Å². The van der Waals surface area contributed by atoms with E-state index in [0.717, 1.165) is 38.3 Å². The molecule has 0 aromatic heterocycles. The van der Waals surface area contributed by atoms with Gasteiger partial charge in [0.25, 0.3) is 0 Å². The molecular weight excluding hydrogens is 254 g/mol. The Bertz CT molecular complexity index is 393. The Morgan fingerprint density at radius 3 is 2.35 bits per heavy atom. The second-order valence-electron chi connectivity index (χ2n) is 6.57. The number of likely N-dealkylation sites (tertiary alicyclic amines) is 2. The lowest BCUT2D eigenvalue weighted by Crippen LogP contribution is -2.49. The Kier molecular flexibility index (Phi) is 3.85. The third-order valence-corrected chi connectivity index (χ3v) is 5.42. The van der Waals surface area contributed by atoms with Crippen molar-refractivity contribution < 1.29 is 9.59 Å². The molecule has 2 N–H and O–H groups in total. The highest BCUT2D eigenvalue weighted by Crippen LogP contribution is 2.36. The molecule has 3 fully saturated rings. The predicted molar refractivity (Wildman–Crippen MR) is 76.0 cm³/mol. The third-order valence-electron chi connectivity index (χ3n) is 5.42. The van der Waals surface area contributed by atoms with Crippen LogP contribution >= 0.6 is 0 Å². The molecule has 5 nitrogen and oxygen atoms in total. The van der Waals surface area contributed by atoms with Crippen LogP contribution in [0.3, 0.4) is 0 Å². The zero-order chi connectivity index (χ0) is 14.1. The summed E-state index contributed by atoms with van der Waals surface area (Å²) >= 11 is 0. The monoisotopic (exact) mass is 279 g/mol. The molecule has 0 aromatic rings. The minimum absolute atomic E-state index is 0.127. The first kappa shape index (κ1) is 13.7. The van der Waals surface area contributed by atoms with Crippen LogP contribution in [-0.2, 0) is 4.79 Å². The van der Waals surface area contributed by atoms with Crippen molar-refractivity contribution in [2.24, 2.45) is 17.6 Å². The average molecular weight is 279 g/mol. The Morgan fingerprint density at radius 2 is 1.65 bits per heavy atom. The van der Waals surface area contributed by atoms with Crippen LogP contribution in [0.15, 0.2) is 0 Å². The molecule has 0 spiro atoms. The normalized spacial score (nSPS) is 31.2. The highest BCUT2D eigenvalue weighted by atomic mass is 16.2. The van der Waals surface area contributed by atoms with Crippen molar-refractivity contribution in [1.29, 1.82) is 0 Å². The Morgan fingerprint density at radius 1 is 0.900 bits per heavy atom.